The number of rotatable bonds is 12. The fourth-order valence-electron chi connectivity index (χ4n) is 3.46. The first-order valence-electron chi connectivity index (χ1n) is 10.4. The second-order valence-electron chi connectivity index (χ2n) is 8.15. The molecule has 2 aliphatic carbocycles. The molecular weight excluding hydrogens is 374 g/mol. The van der Waals surface area contributed by atoms with Crippen LogP contribution in [-0.2, 0) is 10.3 Å². The smallest absolute Gasteiger partial charge is 0.324 e. The van der Waals surface area contributed by atoms with Gasteiger partial charge in [-0.15, -0.1) is 0 Å². The van der Waals surface area contributed by atoms with E-state index in [2.05, 4.69) is 34.3 Å². The van der Waals surface area contributed by atoms with Crippen LogP contribution < -0.4 is 14.8 Å². The van der Waals surface area contributed by atoms with Crippen LogP contribution in [0.25, 0.3) is 0 Å². The Morgan fingerprint density at radius 3 is 2.79 bits per heavy atom. The summed E-state index contributed by atoms with van der Waals surface area (Å²) in [6.07, 6.45) is 8.06. The molecule has 7 heteroatoms. The lowest BCUT2D eigenvalue weighted by Gasteiger charge is -2.18. The average Bonchev–Trinajstić information content (AvgIpc) is 3.60. The molecule has 0 spiro atoms. The van der Waals surface area contributed by atoms with Crippen LogP contribution in [0.4, 0.5) is 4.79 Å². The quantitative estimate of drug-likeness (QED) is 0.318. The zero-order valence-electron chi connectivity index (χ0n) is 16.2. The molecule has 2 N–H and O–H groups in total. The normalized spacial score (nSPS) is 20.4. The maximum atomic E-state index is 11.5. The summed E-state index contributed by atoms with van der Waals surface area (Å²) in [7, 11) is 0. The standard InChI is InChI=1S/C21H29N3O3S/c25-19-14-24(20(26)22-19)11-2-1-3-12-28-23-21(9-10-21)17-5-4-6-18(13-17)27-15-16-7-8-16/h4-6,13,16,23H,1-3,7-12,14-15H2,(H,22,25,26). The number of imide groups is 1. The number of benzene rings is 1. The number of hydrogen-bond acceptors (Lipinski definition) is 5. The van der Waals surface area contributed by atoms with Crippen LogP contribution >= 0.6 is 11.9 Å². The molecule has 1 aliphatic heterocycles. The van der Waals surface area contributed by atoms with E-state index in [0.29, 0.717) is 6.54 Å². The van der Waals surface area contributed by atoms with Crippen molar-refractivity contribution in [1.82, 2.24) is 14.9 Å². The molecule has 28 heavy (non-hydrogen) atoms. The first-order valence-corrected chi connectivity index (χ1v) is 11.3. The minimum atomic E-state index is -0.250. The molecule has 4 rings (SSSR count). The molecule has 2 saturated carbocycles. The summed E-state index contributed by atoms with van der Waals surface area (Å²) in [5, 5.41) is 2.31. The molecule has 3 amide bonds. The van der Waals surface area contributed by atoms with Gasteiger partial charge in [0.25, 0.3) is 0 Å². The molecule has 6 nitrogen and oxygen atoms in total. The minimum absolute atomic E-state index is 0.109. The van der Waals surface area contributed by atoms with E-state index >= 15 is 0 Å². The highest BCUT2D eigenvalue weighted by Gasteiger charge is 2.44. The number of ether oxygens (including phenoxy) is 1. The Bertz CT molecular complexity index is 719. The van der Waals surface area contributed by atoms with E-state index in [1.165, 1.54) is 31.2 Å². The fraction of sp³-hybridized carbons (Fsp3) is 0.619. The highest BCUT2D eigenvalue weighted by atomic mass is 32.2. The highest BCUT2D eigenvalue weighted by molar-refractivity contribution is 7.97. The van der Waals surface area contributed by atoms with Gasteiger partial charge >= 0.3 is 6.03 Å². The lowest BCUT2D eigenvalue weighted by molar-refractivity contribution is -0.118. The average molecular weight is 404 g/mol. The zero-order valence-corrected chi connectivity index (χ0v) is 17.1. The van der Waals surface area contributed by atoms with Gasteiger partial charge in [-0.2, -0.15) is 0 Å². The molecule has 1 aromatic rings. The fourth-order valence-corrected chi connectivity index (χ4v) is 4.51. The van der Waals surface area contributed by atoms with Crippen molar-refractivity contribution in [1.29, 1.82) is 0 Å². The summed E-state index contributed by atoms with van der Waals surface area (Å²) in [6.45, 7) is 1.72. The highest BCUT2D eigenvalue weighted by Crippen LogP contribution is 2.47. The predicted molar refractivity (Wildman–Crippen MR) is 110 cm³/mol. The first-order chi connectivity index (χ1) is 13.6. The molecule has 0 aromatic heterocycles. The number of urea groups is 1. The van der Waals surface area contributed by atoms with Crippen molar-refractivity contribution < 1.29 is 14.3 Å². The maximum Gasteiger partial charge on any atom is 0.324 e. The summed E-state index contributed by atoms with van der Waals surface area (Å²) in [5.74, 6) is 2.62. The van der Waals surface area contributed by atoms with Crippen molar-refractivity contribution in [3.8, 4) is 5.75 Å². The number of nitrogens with zero attached hydrogens (tertiary/aromatic N) is 1. The van der Waals surface area contributed by atoms with Crippen molar-refractivity contribution in [2.45, 2.75) is 50.5 Å². The van der Waals surface area contributed by atoms with Crippen molar-refractivity contribution in [2.75, 3.05) is 25.4 Å². The van der Waals surface area contributed by atoms with Crippen LogP contribution in [0.1, 0.15) is 50.5 Å². The Labute approximate surface area is 170 Å². The summed E-state index contributed by atoms with van der Waals surface area (Å²) < 4.78 is 9.61. The second-order valence-corrected chi connectivity index (χ2v) is 9.05. The Balaban J connectivity index is 1.12. The SMILES string of the molecule is O=C1CN(CCCCCSNC2(c3cccc(OCC4CC4)c3)CC2)C(=O)N1. The van der Waals surface area contributed by atoms with E-state index in [0.717, 1.165) is 43.3 Å². The number of hydrogen-bond donors (Lipinski definition) is 2. The molecule has 1 heterocycles. The van der Waals surface area contributed by atoms with E-state index < -0.39 is 0 Å². The number of nitrogens with one attached hydrogen (secondary N) is 2. The molecule has 0 radical (unpaired) electrons. The van der Waals surface area contributed by atoms with E-state index in [-0.39, 0.29) is 24.0 Å². The summed E-state index contributed by atoms with van der Waals surface area (Å²) in [5.41, 5.74) is 1.44. The van der Waals surface area contributed by atoms with Gasteiger partial charge in [-0.25, -0.2) is 4.79 Å². The summed E-state index contributed by atoms with van der Waals surface area (Å²) in [6, 6.07) is 8.31. The molecule has 0 unspecified atom stereocenters. The van der Waals surface area contributed by atoms with E-state index in [9.17, 15) is 9.59 Å². The second kappa shape index (κ2) is 8.74. The van der Waals surface area contributed by atoms with Gasteiger partial charge < -0.3 is 9.64 Å². The van der Waals surface area contributed by atoms with Gasteiger partial charge in [0.15, 0.2) is 0 Å². The van der Waals surface area contributed by atoms with Crippen LogP contribution in [-0.4, -0.2) is 42.3 Å². The Hall–Kier alpha value is -1.73. The molecule has 1 aromatic carbocycles. The number of unbranched alkanes of at least 4 members (excludes halogenated alkanes) is 2. The lowest BCUT2D eigenvalue weighted by Crippen LogP contribution is -2.29. The Morgan fingerprint density at radius 1 is 1.21 bits per heavy atom. The molecule has 1 saturated heterocycles. The van der Waals surface area contributed by atoms with Crippen molar-refractivity contribution in [2.24, 2.45) is 5.92 Å². The van der Waals surface area contributed by atoms with Crippen LogP contribution in [0.15, 0.2) is 24.3 Å². The van der Waals surface area contributed by atoms with E-state index in [1.807, 2.05) is 0 Å². The number of carbonyl (C=O) groups excluding carboxylic acids is 2. The van der Waals surface area contributed by atoms with Crippen LogP contribution in [0.2, 0.25) is 0 Å². The molecule has 152 valence electrons. The van der Waals surface area contributed by atoms with Gasteiger partial charge in [-0.1, -0.05) is 30.5 Å². The molecule has 3 fully saturated rings. The van der Waals surface area contributed by atoms with Gasteiger partial charge in [0.1, 0.15) is 12.3 Å². The van der Waals surface area contributed by atoms with Gasteiger partial charge in [-0.3, -0.25) is 14.8 Å². The predicted octanol–water partition coefficient (Wildman–Crippen LogP) is 3.42. The lowest BCUT2D eigenvalue weighted by atomic mass is 10.1. The van der Waals surface area contributed by atoms with Crippen LogP contribution in [0, 0.1) is 5.92 Å². The summed E-state index contributed by atoms with van der Waals surface area (Å²) in [4.78, 5) is 24.2. The largest absolute Gasteiger partial charge is 0.493 e. The van der Waals surface area contributed by atoms with Gasteiger partial charge in [-0.05, 0) is 62.1 Å². The monoisotopic (exact) mass is 403 g/mol. The van der Waals surface area contributed by atoms with Crippen molar-refractivity contribution in [3.05, 3.63) is 29.8 Å². The van der Waals surface area contributed by atoms with Gasteiger partial charge in [0, 0.05) is 12.3 Å². The van der Waals surface area contributed by atoms with Crippen molar-refractivity contribution >= 4 is 23.9 Å². The minimum Gasteiger partial charge on any atom is -0.493 e. The molecular formula is C21H29N3O3S. The first kappa shape index (κ1) is 19.6. The number of amides is 3. The van der Waals surface area contributed by atoms with E-state index in [1.54, 1.807) is 16.8 Å². The van der Waals surface area contributed by atoms with Crippen LogP contribution in [0.3, 0.4) is 0 Å². The number of carbonyl (C=O) groups is 2. The Morgan fingerprint density at radius 2 is 2.07 bits per heavy atom. The zero-order chi connectivity index (χ0) is 19.4. The van der Waals surface area contributed by atoms with Crippen molar-refractivity contribution in [3.63, 3.8) is 0 Å². The molecule has 0 bridgehead atoms. The third-order valence-corrected chi connectivity index (χ3v) is 6.66. The Kier molecular flexibility index (Phi) is 6.11. The maximum absolute atomic E-state index is 11.5. The van der Waals surface area contributed by atoms with Gasteiger partial charge in [0.05, 0.1) is 12.1 Å². The molecule has 0 atom stereocenters. The third-order valence-electron chi connectivity index (χ3n) is 5.63. The van der Waals surface area contributed by atoms with Gasteiger partial charge in [0.2, 0.25) is 5.91 Å². The third kappa shape index (κ3) is 5.20. The topological polar surface area (TPSA) is 70.7 Å². The summed E-state index contributed by atoms with van der Waals surface area (Å²) >= 11 is 1.80. The van der Waals surface area contributed by atoms with E-state index in [4.69, 9.17) is 4.74 Å². The van der Waals surface area contributed by atoms with Crippen LogP contribution in [0.5, 0.6) is 5.75 Å². The molecule has 3 aliphatic rings.